The van der Waals surface area contributed by atoms with E-state index in [0.29, 0.717) is 5.76 Å². The second-order valence-electron chi connectivity index (χ2n) is 1.67. The Bertz CT molecular complexity index is 256. The normalized spacial score (nSPS) is 10.0. The average molecular weight is 153 g/mol. The van der Waals surface area contributed by atoms with Crippen LogP contribution in [0.15, 0.2) is 22.2 Å². The van der Waals surface area contributed by atoms with Crippen LogP contribution in [0.2, 0.25) is 0 Å². The lowest BCUT2D eigenvalue weighted by molar-refractivity contribution is 0.403. The molecule has 10 heavy (non-hydrogen) atoms. The molecule has 2 rings (SSSR count). The van der Waals surface area contributed by atoms with E-state index >= 15 is 0 Å². The summed E-state index contributed by atoms with van der Waals surface area (Å²) in [6.07, 6.45) is 1.54. The van der Waals surface area contributed by atoms with Gasteiger partial charge in [-0.15, -0.1) is 5.10 Å². The van der Waals surface area contributed by atoms with E-state index in [-0.39, 0.29) is 0 Å². The van der Waals surface area contributed by atoms with Gasteiger partial charge in [0.05, 0.1) is 0 Å². The van der Waals surface area contributed by atoms with Crippen LogP contribution >= 0.6 is 11.5 Å². The Morgan fingerprint density at radius 2 is 2.50 bits per heavy atom. The summed E-state index contributed by atoms with van der Waals surface area (Å²) >= 11 is 1.37. The molecular weight excluding hydrogens is 150 g/mol. The highest BCUT2D eigenvalue weighted by Crippen LogP contribution is 2.15. The zero-order chi connectivity index (χ0) is 6.81. The van der Waals surface area contributed by atoms with Gasteiger partial charge in [0.2, 0.25) is 5.76 Å². The van der Waals surface area contributed by atoms with E-state index in [1.807, 2.05) is 11.4 Å². The van der Waals surface area contributed by atoms with Gasteiger partial charge in [-0.1, -0.05) is 0 Å². The van der Waals surface area contributed by atoms with E-state index in [4.69, 9.17) is 4.52 Å². The quantitative estimate of drug-likeness (QED) is 0.617. The zero-order valence-corrected chi connectivity index (χ0v) is 5.71. The molecule has 2 aromatic rings. The summed E-state index contributed by atoms with van der Waals surface area (Å²) in [4.78, 5) is 0. The van der Waals surface area contributed by atoms with Crippen molar-refractivity contribution in [1.82, 2.24) is 14.7 Å². The van der Waals surface area contributed by atoms with Crippen LogP contribution in [0.4, 0.5) is 0 Å². The highest BCUT2D eigenvalue weighted by atomic mass is 32.1. The van der Waals surface area contributed by atoms with Crippen LogP contribution in [0.3, 0.4) is 0 Å². The fourth-order valence-electron chi connectivity index (χ4n) is 0.620. The van der Waals surface area contributed by atoms with Gasteiger partial charge in [0, 0.05) is 10.7 Å². The van der Waals surface area contributed by atoms with Crippen LogP contribution in [-0.4, -0.2) is 14.7 Å². The first-order valence-corrected chi connectivity index (χ1v) is 3.48. The van der Waals surface area contributed by atoms with Crippen molar-refractivity contribution in [2.45, 2.75) is 0 Å². The Labute approximate surface area is 60.6 Å². The third-order valence-corrected chi connectivity index (χ3v) is 1.61. The minimum Gasteiger partial charge on any atom is -0.335 e. The van der Waals surface area contributed by atoms with Gasteiger partial charge in [-0.25, -0.2) is 0 Å². The number of hydrogen-bond acceptors (Lipinski definition) is 5. The molecule has 50 valence electrons. The minimum absolute atomic E-state index is 0.612. The van der Waals surface area contributed by atoms with Crippen LogP contribution in [0.25, 0.3) is 11.5 Å². The maximum Gasteiger partial charge on any atom is 0.206 e. The monoisotopic (exact) mass is 153 g/mol. The summed E-state index contributed by atoms with van der Waals surface area (Å²) in [5, 5.41) is 8.72. The lowest BCUT2D eigenvalue weighted by Crippen LogP contribution is -1.67. The summed E-state index contributed by atoms with van der Waals surface area (Å²) in [6.45, 7) is 0. The molecule has 0 fully saturated rings. The number of nitrogens with zero attached hydrogens (tertiary/aromatic N) is 3. The molecule has 2 heterocycles. The average Bonchev–Trinajstić information content (AvgIpc) is 2.59. The van der Waals surface area contributed by atoms with E-state index in [9.17, 15) is 0 Å². The Morgan fingerprint density at radius 3 is 3.10 bits per heavy atom. The molecule has 0 N–H and O–H groups in total. The van der Waals surface area contributed by atoms with Crippen molar-refractivity contribution in [2.75, 3.05) is 0 Å². The van der Waals surface area contributed by atoms with Crippen LogP contribution < -0.4 is 0 Å². The number of rotatable bonds is 1. The summed E-state index contributed by atoms with van der Waals surface area (Å²) in [7, 11) is 0. The second kappa shape index (κ2) is 2.18. The van der Waals surface area contributed by atoms with Gasteiger partial charge in [-0.05, 0) is 17.6 Å². The van der Waals surface area contributed by atoms with Gasteiger partial charge in [0.25, 0.3) is 0 Å². The lowest BCUT2D eigenvalue weighted by Gasteiger charge is -1.79. The summed E-state index contributed by atoms with van der Waals surface area (Å²) < 4.78 is 8.79. The zero-order valence-electron chi connectivity index (χ0n) is 4.89. The maximum atomic E-state index is 4.76. The molecular formula is C5H3N3OS. The van der Waals surface area contributed by atoms with Crippen LogP contribution in [0.5, 0.6) is 0 Å². The third kappa shape index (κ3) is 0.801. The van der Waals surface area contributed by atoms with Gasteiger partial charge in [-0.2, -0.15) is 4.37 Å². The molecule has 0 spiro atoms. The van der Waals surface area contributed by atoms with Gasteiger partial charge < -0.3 is 4.52 Å². The first-order chi connectivity index (χ1) is 4.97. The standard InChI is InChI=1S/C5H3N3OS/c1-2-10-7-4(1)5-3-6-8-9-5/h1-3H. The molecule has 0 saturated heterocycles. The van der Waals surface area contributed by atoms with E-state index < -0.39 is 0 Å². The lowest BCUT2D eigenvalue weighted by atomic mass is 10.4. The molecule has 0 unspecified atom stereocenters. The smallest absolute Gasteiger partial charge is 0.206 e. The van der Waals surface area contributed by atoms with E-state index in [1.54, 1.807) is 0 Å². The number of hydrogen-bond donors (Lipinski definition) is 0. The molecule has 0 aromatic carbocycles. The van der Waals surface area contributed by atoms with Crippen molar-refractivity contribution >= 4 is 11.5 Å². The van der Waals surface area contributed by atoms with Crippen molar-refractivity contribution in [3.63, 3.8) is 0 Å². The van der Waals surface area contributed by atoms with E-state index in [1.165, 1.54) is 17.7 Å². The Balaban J connectivity index is 2.48. The molecule has 0 aliphatic rings. The molecule has 2 aromatic heterocycles. The first-order valence-electron chi connectivity index (χ1n) is 2.65. The van der Waals surface area contributed by atoms with Crippen LogP contribution in [0.1, 0.15) is 0 Å². The van der Waals surface area contributed by atoms with E-state index in [2.05, 4.69) is 14.7 Å². The highest BCUT2D eigenvalue weighted by molar-refractivity contribution is 7.03. The van der Waals surface area contributed by atoms with Gasteiger partial charge in [0.15, 0.2) is 0 Å². The maximum absolute atomic E-state index is 4.76. The van der Waals surface area contributed by atoms with Crippen molar-refractivity contribution in [1.29, 1.82) is 0 Å². The third-order valence-electron chi connectivity index (χ3n) is 1.05. The predicted molar refractivity (Wildman–Crippen MR) is 35.4 cm³/mol. The van der Waals surface area contributed by atoms with Crippen molar-refractivity contribution in [3.05, 3.63) is 17.6 Å². The van der Waals surface area contributed by atoms with Crippen LogP contribution in [0, 0.1) is 0 Å². The van der Waals surface area contributed by atoms with E-state index in [0.717, 1.165) is 5.69 Å². The minimum atomic E-state index is 0.612. The molecule has 0 aliphatic heterocycles. The Morgan fingerprint density at radius 1 is 1.50 bits per heavy atom. The molecule has 0 atom stereocenters. The topological polar surface area (TPSA) is 51.8 Å². The summed E-state index contributed by atoms with van der Waals surface area (Å²) in [6, 6.07) is 1.85. The fraction of sp³-hybridized carbons (Fsp3) is 0. The molecule has 0 amide bonds. The molecule has 0 radical (unpaired) electrons. The van der Waals surface area contributed by atoms with Gasteiger partial charge in [-0.3, -0.25) is 0 Å². The van der Waals surface area contributed by atoms with Gasteiger partial charge >= 0.3 is 0 Å². The molecule has 0 saturated carbocycles. The number of aromatic nitrogens is 3. The molecule has 4 nitrogen and oxygen atoms in total. The van der Waals surface area contributed by atoms with Crippen molar-refractivity contribution < 1.29 is 4.52 Å². The SMILES string of the molecule is c1cc(-c2cnno2)ns1. The Hall–Kier alpha value is -1.23. The predicted octanol–water partition coefficient (Wildman–Crippen LogP) is 1.19. The van der Waals surface area contributed by atoms with Crippen LogP contribution in [-0.2, 0) is 0 Å². The first kappa shape index (κ1) is 5.55. The molecule has 5 heteroatoms. The summed E-state index contributed by atoms with van der Waals surface area (Å²) in [5.74, 6) is 0.612. The summed E-state index contributed by atoms with van der Waals surface area (Å²) in [5.41, 5.74) is 0.787. The second-order valence-corrected chi connectivity index (χ2v) is 2.33. The molecule has 0 aliphatic carbocycles. The Kier molecular flexibility index (Phi) is 1.21. The largest absolute Gasteiger partial charge is 0.335 e. The molecule has 0 bridgehead atoms. The fourth-order valence-corrected chi connectivity index (χ4v) is 1.13. The van der Waals surface area contributed by atoms with Crippen molar-refractivity contribution in [3.8, 4) is 11.5 Å². The van der Waals surface area contributed by atoms with Crippen molar-refractivity contribution in [2.24, 2.45) is 0 Å². The highest BCUT2D eigenvalue weighted by Gasteiger charge is 2.02. The van der Waals surface area contributed by atoms with Gasteiger partial charge in [0.1, 0.15) is 11.9 Å².